The van der Waals surface area contributed by atoms with Crippen LogP contribution in [0.2, 0.25) is 10.0 Å². The maximum absolute atomic E-state index is 13.9. The first-order valence-electron chi connectivity index (χ1n) is 11.9. The summed E-state index contributed by atoms with van der Waals surface area (Å²) in [5, 5.41) is 3.31. The predicted molar refractivity (Wildman–Crippen MR) is 144 cm³/mol. The third kappa shape index (κ3) is 5.87. The number of benzene rings is 3. The molecule has 10 heteroatoms. The lowest BCUT2D eigenvalue weighted by molar-refractivity contribution is -0.137. The fraction of sp³-hybridized carbons (Fsp3) is 0.250. The molecule has 2 amide bonds. The molecule has 0 aliphatic carbocycles. The zero-order chi connectivity index (χ0) is 27.6. The molecule has 3 aromatic rings. The third-order valence-electron chi connectivity index (χ3n) is 6.38. The lowest BCUT2D eigenvalue weighted by atomic mass is 9.97. The second-order valence-electron chi connectivity index (χ2n) is 9.00. The monoisotopic (exact) mass is 561 g/mol. The van der Waals surface area contributed by atoms with Gasteiger partial charge in [0.25, 0.3) is 5.91 Å². The number of fused-ring (bicyclic) bond motifs is 1. The number of hydrogen-bond acceptors (Lipinski definition) is 3. The van der Waals surface area contributed by atoms with Crippen LogP contribution in [-0.4, -0.2) is 30.1 Å². The van der Waals surface area contributed by atoms with E-state index in [1.807, 2.05) is 13.8 Å². The maximum atomic E-state index is 13.9. The average Bonchev–Trinajstić information content (AvgIpc) is 2.98. The first-order chi connectivity index (χ1) is 18.0. The number of halogens is 5. The SMILES string of the molecule is CCC(C)C1N=C(c2ccccc2Cl)c2cc(Cl)ccc2N(CC(=O)Nc2cccc(C(F)(F)F)c2)C1=O. The van der Waals surface area contributed by atoms with Crippen molar-refractivity contribution >= 4 is 52.1 Å². The van der Waals surface area contributed by atoms with Crippen LogP contribution in [0.5, 0.6) is 0 Å². The Bertz CT molecular complexity index is 1410. The molecule has 5 nitrogen and oxygen atoms in total. The minimum atomic E-state index is -4.56. The molecule has 0 aromatic heterocycles. The zero-order valence-corrected chi connectivity index (χ0v) is 22.0. The van der Waals surface area contributed by atoms with Gasteiger partial charge in [0.15, 0.2) is 0 Å². The van der Waals surface area contributed by atoms with E-state index in [1.165, 1.54) is 17.0 Å². The van der Waals surface area contributed by atoms with Crippen LogP contribution in [0.25, 0.3) is 0 Å². The zero-order valence-electron chi connectivity index (χ0n) is 20.5. The number of nitrogens with zero attached hydrogens (tertiary/aromatic N) is 2. The Morgan fingerprint density at radius 1 is 1.05 bits per heavy atom. The molecule has 0 radical (unpaired) electrons. The van der Waals surface area contributed by atoms with Gasteiger partial charge in [0.1, 0.15) is 12.6 Å². The van der Waals surface area contributed by atoms with Crippen molar-refractivity contribution in [3.63, 3.8) is 0 Å². The van der Waals surface area contributed by atoms with Gasteiger partial charge >= 0.3 is 6.18 Å². The Morgan fingerprint density at radius 3 is 2.47 bits per heavy atom. The highest BCUT2D eigenvalue weighted by Gasteiger charge is 2.36. The van der Waals surface area contributed by atoms with E-state index in [2.05, 4.69) is 5.32 Å². The molecular formula is C28H24Cl2F3N3O2. The van der Waals surface area contributed by atoms with E-state index < -0.39 is 36.1 Å². The summed E-state index contributed by atoms with van der Waals surface area (Å²) in [6.07, 6.45) is -3.92. The summed E-state index contributed by atoms with van der Waals surface area (Å²) < 4.78 is 39.4. The van der Waals surface area contributed by atoms with Gasteiger partial charge in [-0.15, -0.1) is 0 Å². The van der Waals surface area contributed by atoms with Crippen molar-refractivity contribution in [2.75, 3.05) is 16.8 Å². The van der Waals surface area contributed by atoms with E-state index in [1.54, 1.807) is 42.5 Å². The molecule has 2 unspecified atom stereocenters. The minimum absolute atomic E-state index is 0.0325. The minimum Gasteiger partial charge on any atom is -0.325 e. The van der Waals surface area contributed by atoms with Gasteiger partial charge in [-0.05, 0) is 48.4 Å². The van der Waals surface area contributed by atoms with E-state index >= 15 is 0 Å². The Labute approximate surface area is 228 Å². The highest BCUT2D eigenvalue weighted by Crippen LogP contribution is 2.35. The van der Waals surface area contributed by atoms with Crippen LogP contribution < -0.4 is 10.2 Å². The number of carbonyl (C=O) groups is 2. The summed E-state index contributed by atoms with van der Waals surface area (Å²) in [5.41, 5.74) is 1.05. The van der Waals surface area contributed by atoms with Crippen LogP contribution in [-0.2, 0) is 15.8 Å². The number of nitrogens with one attached hydrogen (secondary N) is 1. The lowest BCUT2D eigenvalue weighted by Crippen LogP contribution is -2.44. The third-order valence-corrected chi connectivity index (χ3v) is 6.94. The molecule has 0 saturated carbocycles. The van der Waals surface area contributed by atoms with Crippen molar-refractivity contribution in [1.82, 2.24) is 0 Å². The standard InChI is InChI=1S/C28H24Cl2F3N3O2/c1-3-16(2)25-27(38)36(15-24(37)34-19-8-6-7-17(13-19)28(31,32)33)23-12-11-18(29)14-21(23)26(35-25)20-9-4-5-10-22(20)30/h4-14,16,25H,3,15H2,1-2H3,(H,34,37). The average molecular weight is 562 g/mol. The van der Waals surface area contributed by atoms with Crippen molar-refractivity contribution in [3.8, 4) is 0 Å². The van der Waals surface area contributed by atoms with Crippen molar-refractivity contribution in [2.45, 2.75) is 32.5 Å². The Morgan fingerprint density at radius 2 is 1.79 bits per heavy atom. The van der Waals surface area contributed by atoms with E-state index in [9.17, 15) is 22.8 Å². The van der Waals surface area contributed by atoms with Crippen molar-refractivity contribution < 1.29 is 22.8 Å². The van der Waals surface area contributed by atoms with E-state index in [0.717, 1.165) is 12.1 Å². The van der Waals surface area contributed by atoms with Gasteiger partial charge < -0.3 is 10.2 Å². The number of amides is 2. The van der Waals surface area contributed by atoms with Crippen LogP contribution in [0.15, 0.2) is 71.7 Å². The van der Waals surface area contributed by atoms with E-state index in [4.69, 9.17) is 28.2 Å². The van der Waals surface area contributed by atoms with Gasteiger partial charge in [0.05, 0.1) is 17.0 Å². The van der Waals surface area contributed by atoms with Crippen molar-refractivity contribution in [2.24, 2.45) is 10.9 Å². The molecule has 38 heavy (non-hydrogen) atoms. The number of carbonyl (C=O) groups excluding carboxylic acids is 2. The number of benzodiazepines with no additional fused rings is 1. The highest BCUT2D eigenvalue weighted by atomic mass is 35.5. The molecule has 1 heterocycles. The predicted octanol–water partition coefficient (Wildman–Crippen LogP) is 7.25. The summed E-state index contributed by atoms with van der Waals surface area (Å²) in [6, 6.07) is 15.5. The number of alkyl halides is 3. The van der Waals surface area contributed by atoms with Gasteiger partial charge in [0.2, 0.25) is 5.91 Å². The number of hydrogen-bond donors (Lipinski definition) is 1. The molecule has 0 saturated heterocycles. The first kappa shape index (κ1) is 27.7. The number of anilines is 2. The largest absolute Gasteiger partial charge is 0.416 e. The van der Waals surface area contributed by atoms with Crippen LogP contribution in [0.3, 0.4) is 0 Å². The molecular weight excluding hydrogens is 538 g/mol. The molecule has 0 bridgehead atoms. The van der Waals surface area contributed by atoms with Crippen LogP contribution in [0.1, 0.15) is 37.0 Å². The summed E-state index contributed by atoms with van der Waals surface area (Å²) in [5.74, 6) is -1.26. The molecule has 3 aromatic carbocycles. The lowest BCUT2D eigenvalue weighted by Gasteiger charge is -2.26. The second-order valence-corrected chi connectivity index (χ2v) is 9.84. The molecule has 1 aliphatic heterocycles. The van der Waals surface area contributed by atoms with Gasteiger partial charge in [-0.1, -0.05) is 67.7 Å². The molecule has 4 rings (SSSR count). The fourth-order valence-electron chi connectivity index (χ4n) is 4.22. The van der Waals surface area contributed by atoms with Crippen molar-refractivity contribution in [3.05, 3.63) is 93.5 Å². The highest BCUT2D eigenvalue weighted by molar-refractivity contribution is 6.37. The van der Waals surface area contributed by atoms with Gasteiger partial charge in [-0.25, -0.2) is 0 Å². The summed E-state index contributed by atoms with van der Waals surface area (Å²) in [4.78, 5) is 33.1. The normalized spacial score (nSPS) is 16.4. The first-order valence-corrected chi connectivity index (χ1v) is 12.7. The Kier molecular flexibility index (Phi) is 8.13. The molecule has 0 spiro atoms. The van der Waals surface area contributed by atoms with E-state index in [0.29, 0.717) is 39.0 Å². The summed E-state index contributed by atoms with van der Waals surface area (Å²) in [6.45, 7) is 3.38. The number of aliphatic imine (C=N–C) groups is 1. The van der Waals surface area contributed by atoms with Crippen LogP contribution in [0, 0.1) is 5.92 Å². The molecule has 0 fully saturated rings. The van der Waals surface area contributed by atoms with Gasteiger partial charge in [0, 0.05) is 26.9 Å². The smallest absolute Gasteiger partial charge is 0.325 e. The molecule has 198 valence electrons. The summed E-state index contributed by atoms with van der Waals surface area (Å²) in [7, 11) is 0. The Balaban J connectivity index is 1.76. The van der Waals surface area contributed by atoms with Gasteiger partial charge in [-0.3, -0.25) is 14.6 Å². The van der Waals surface area contributed by atoms with E-state index in [-0.39, 0.29) is 11.6 Å². The fourth-order valence-corrected chi connectivity index (χ4v) is 4.62. The Hall–Kier alpha value is -3.36. The molecule has 1 aliphatic rings. The molecule has 2 atom stereocenters. The second kappa shape index (κ2) is 11.2. The van der Waals surface area contributed by atoms with Gasteiger partial charge in [-0.2, -0.15) is 13.2 Å². The summed E-state index contributed by atoms with van der Waals surface area (Å²) >= 11 is 12.8. The molecule has 1 N–H and O–H groups in total. The topological polar surface area (TPSA) is 61.8 Å². The quantitative estimate of drug-likeness (QED) is 0.344. The van der Waals surface area contributed by atoms with Crippen molar-refractivity contribution in [1.29, 1.82) is 0 Å². The van der Waals surface area contributed by atoms with Crippen LogP contribution in [0.4, 0.5) is 24.5 Å². The number of rotatable bonds is 6. The maximum Gasteiger partial charge on any atom is 0.416 e. The van der Waals surface area contributed by atoms with Crippen LogP contribution >= 0.6 is 23.2 Å².